The largest absolute Gasteiger partial charge is 0.416 e. The van der Waals surface area contributed by atoms with Gasteiger partial charge in [-0.05, 0) is 61.4 Å². The summed E-state index contributed by atoms with van der Waals surface area (Å²) < 4.78 is 75.1. The fraction of sp³-hybridized carbons (Fsp3) is 0.533. The molecule has 2 aromatic carbocycles. The van der Waals surface area contributed by atoms with E-state index < -0.39 is 34.7 Å². The monoisotopic (exact) mass is 615 g/mol. The minimum absolute atomic E-state index is 0.0952. The zero-order chi connectivity index (χ0) is 31.0. The Kier molecular flexibility index (Phi) is 9.14. The molecule has 1 unspecified atom stereocenters. The minimum atomic E-state index is -4.76. The van der Waals surface area contributed by atoms with Gasteiger partial charge >= 0.3 is 6.18 Å². The number of likely N-dealkylation sites (tertiary alicyclic amines) is 1. The molecule has 0 N–H and O–H groups in total. The predicted molar refractivity (Wildman–Crippen MR) is 150 cm³/mol. The van der Waals surface area contributed by atoms with Gasteiger partial charge in [-0.15, -0.1) is 0 Å². The van der Waals surface area contributed by atoms with Gasteiger partial charge in [-0.25, -0.2) is 8.78 Å². The van der Waals surface area contributed by atoms with E-state index >= 15 is 8.78 Å². The number of methoxy groups -OCH3 is 1. The van der Waals surface area contributed by atoms with Gasteiger partial charge in [-0.1, -0.05) is 23.7 Å². The third-order valence-electron chi connectivity index (χ3n) is 8.30. The summed E-state index contributed by atoms with van der Waals surface area (Å²) in [6.07, 6.45) is -2.18. The topological polar surface area (TPSA) is 53.1 Å². The molecule has 2 saturated heterocycles. The van der Waals surface area contributed by atoms with Gasteiger partial charge in [-0.2, -0.15) is 13.2 Å². The lowest BCUT2D eigenvalue weighted by Gasteiger charge is -2.47. The van der Waals surface area contributed by atoms with Gasteiger partial charge in [-0.3, -0.25) is 9.59 Å². The lowest BCUT2D eigenvalue weighted by molar-refractivity contribution is -0.213. The summed E-state index contributed by atoms with van der Waals surface area (Å²) in [6.45, 7) is 2.51. The molecule has 4 rings (SSSR count). The van der Waals surface area contributed by atoms with E-state index in [0.29, 0.717) is 29.5 Å². The van der Waals surface area contributed by atoms with E-state index in [1.807, 2.05) is 6.07 Å². The van der Waals surface area contributed by atoms with Crippen molar-refractivity contribution in [1.29, 1.82) is 0 Å². The van der Waals surface area contributed by atoms with Crippen LogP contribution >= 0.6 is 11.6 Å². The fourth-order valence-corrected chi connectivity index (χ4v) is 6.24. The number of benzene rings is 2. The summed E-state index contributed by atoms with van der Waals surface area (Å²) in [5.41, 5.74) is -3.17. The number of amides is 2. The molecule has 2 aromatic rings. The van der Waals surface area contributed by atoms with E-state index in [-0.39, 0.29) is 24.9 Å². The van der Waals surface area contributed by atoms with Crippen molar-refractivity contribution in [3.63, 3.8) is 0 Å². The zero-order valence-corrected chi connectivity index (χ0v) is 24.7. The number of ether oxygens (including phenoxy) is 1. The molecule has 0 radical (unpaired) electrons. The SMILES string of the molecule is COC(C(=O)N1CC(CC2CCN(c3ccc(C(=O)N(C)C)c(Cl)c3)CC2)C1)(c1cccc(C(F)(F)F)c1)C(C)(F)F. The number of nitrogens with zero attached hydrogens (tertiary/aromatic N) is 3. The molecule has 6 nitrogen and oxygen atoms in total. The normalized spacial score (nSPS) is 18.4. The van der Waals surface area contributed by atoms with Gasteiger partial charge in [0.1, 0.15) is 0 Å². The van der Waals surface area contributed by atoms with Gasteiger partial charge in [0.25, 0.3) is 17.7 Å². The maximum atomic E-state index is 15.0. The molecule has 1 atom stereocenters. The van der Waals surface area contributed by atoms with Crippen molar-refractivity contribution in [1.82, 2.24) is 9.80 Å². The van der Waals surface area contributed by atoms with Crippen LogP contribution in [0.4, 0.5) is 27.6 Å². The molecule has 2 fully saturated rings. The van der Waals surface area contributed by atoms with E-state index in [1.165, 1.54) is 9.80 Å². The van der Waals surface area contributed by atoms with Crippen molar-refractivity contribution in [2.24, 2.45) is 11.8 Å². The number of alkyl halides is 5. The first kappa shape index (κ1) is 32.0. The Morgan fingerprint density at radius 3 is 2.12 bits per heavy atom. The number of hydrogen-bond donors (Lipinski definition) is 0. The first-order valence-corrected chi connectivity index (χ1v) is 14.1. The summed E-state index contributed by atoms with van der Waals surface area (Å²) in [5.74, 6) is -4.54. The molecule has 2 aliphatic rings. The molecule has 0 aliphatic carbocycles. The van der Waals surface area contributed by atoms with Gasteiger partial charge in [0.05, 0.1) is 16.1 Å². The zero-order valence-electron chi connectivity index (χ0n) is 24.0. The van der Waals surface area contributed by atoms with Crippen molar-refractivity contribution >= 4 is 29.1 Å². The van der Waals surface area contributed by atoms with Crippen LogP contribution in [0.25, 0.3) is 0 Å². The van der Waals surface area contributed by atoms with Crippen LogP contribution in [0.1, 0.15) is 47.7 Å². The highest BCUT2D eigenvalue weighted by Gasteiger charge is 2.61. The van der Waals surface area contributed by atoms with E-state index in [4.69, 9.17) is 16.3 Å². The maximum absolute atomic E-state index is 15.0. The second kappa shape index (κ2) is 12.0. The average Bonchev–Trinajstić information content (AvgIpc) is 2.90. The van der Waals surface area contributed by atoms with Crippen molar-refractivity contribution in [3.8, 4) is 0 Å². The number of carbonyl (C=O) groups excluding carboxylic acids is 2. The van der Waals surface area contributed by atoms with Gasteiger partial charge in [0.2, 0.25) is 5.60 Å². The number of halogens is 6. The Labute approximate surface area is 247 Å². The van der Waals surface area contributed by atoms with E-state index in [2.05, 4.69) is 4.90 Å². The molecule has 0 aromatic heterocycles. The van der Waals surface area contributed by atoms with Crippen LogP contribution in [-0.4, -0.2) is 74.9 Å². The van der Waals surface area contributed by atoms with Crippen LogP contribution in [0.15, 0.2) is 42.5 Å². The fourth-order valence-electron chi connectivity index (χ4n) is 5.98. The molecular weight excluding hydrogens is 581 g/mol. The number of hydrogen-bond acceptors (Lipinski definition) is 4. The van der Waals surface area contributed by atoms with Crippen molar-refractivity contribution in [3.05, 3.63) is 64.2 Å². The molecule has 0 saturated carbocycles. The van der Waals surface area contributed by atoms with Crippen LogP contribution in [0.3, 0.4) is 0 Å². The Hall–Kier alpha value is -2.92. The average molecular weight is 616 g/mol. The molecule has 0 bridgehead atoms. The smallest absolute Gasteiger partial charge is 0.371 e. The molecule has 42 heavy (non-hydrogen) atoms. The third kappa shape index (κ3) is 6.22. The summed E-state index contributed by atoms with van der Waals surface area (Å²) in [7, 11) is 4.25. The summed E-state index contributed by atoms with van der Waals surface area (Å²) in [4.78, 5) is 30.6. The predicted octanol–water partition coefficient (Wildman–Crippen LogP) is 6.32. The van der Waals surface area contributed by atoms with Crippen molar-refractivity contribution in [2.75, 3.05) is 52.3 Å². The molecule has 12 heteroatoms. The number of anilines is 1. The second-order valence-corrected chi connectivity index (χ2v) is 11.9. The summed E-state index contributed by atoms with van der Waals surface area (Å²) in [6, 6.07) is 8.80. The molecule has 2 heterocycles. The van der Waals surface area contributed by atoms with Crippen LogP contribution < -0.4 is 4.90 Å². The minimum Gasteiger partial charge on any atom is -0.371 e. The lowest BCUT2D eigenvalue weighted by Crippen LogP contribution is -2.62. The Morgan fingerprint density at radius 1 is 0.976 bits per heavy atom. The van der Waals surface area contributed by atoms with Crippen LogP contribution in [0.2, 0.25) is 5.02 Å². The molecule has 230 valence electrons. The quantitative estimate of drug-likeness (QED) is 0.326. The number of rotatable bonds is 8. The standard InChI is InChI=1S/C30H35ClF5N3O3/c1-28(32,33)29(42-4,21-6-5-7-22(15-21)30(34,35)36)27(41)39-17-20(18-39)14-19-10-12-38(13-11-19)23-8-9-24(25(31)16-23)26(40)37(2)3/h5-9,15-16,19-20H,10-14,17-18H2,1-4H3. The van der Waals surface area contributed by atoms with Crippen molar-refractivity contribution in [2.45, 2.75) is 43.9 Å². The van der Waals surface area contributed by atoms with E-state index in [0.717, 1.165) is 63.3 Å². The molecular formula is C30H35ClF5N3O3. The van der Waals surface area contributed by atoms with E-state index in [1.54, 1.807) is 26.2 Å². The van der Waals surface area contributed by atoms with E-state index in [9.17, 15) is 22.8 Å². The maximum Gasteiger partial charge on any atom is 0.416 e. The first-order chi connectivity index (χ1) is 19.6. The number of carbonyl (C=O) groups is 2. The summed E-state index contributed by atoms with van der Waals surface area (Å²) >= 11 is 6.38. The van der Waals surface area contributed by atoms with Crippen LogP contribution in [0, 0.1) is 11.8 Å². The summed E-state index contributed by atoms with van der Waals surface area (Å²) in [5, 5.41) is 0.391. The molecule has 2 amide bonds. The van der Waals surface area contributed by atoms with Gasteiger partial charge in [0, 0.05) is 65.6 Å². The second-order valence-electron chi connectivity index (χ2n) is 11.5. The number of piperidine rings is 1. The molecule has 0 spiro atoms. The van der Waals surface area contributed by atoms with Gasteiger partial charge < -0.3 is 19.4 Å². The Balaban J connectivity index is 1.36. The van der Waals surface area contributed by atoms with Gasteiger partial charge in [0.15, 0.2) is 0 Å². The van der Waals surface area contributed by atoms with Crippen LogP contribution in [-0.2, 0) is 21.3 Å². The Morgan fingerprint density at radius 2 is 1.60 bits per heavy atom. The first-order valence-electron chi connectivity index (χ1n) is 13.7. The highest BCUT2D eigenvalue weighted by Crippen LogP contribution is 2.45. The van der Waals surface area contributed by atoms with Crippen molar-refractivity contribution < 1.29 is 36.3 Å². The molecule has 2 aliphatic heterocycles. The lowest BCUT2D eigenvalue weighted by atomic mass is 9.80. The third-order valence-corrected chi connectivity index (χ3v) is 8.61. The van der Waals surface area contributed by atoms with Crippen LogP contribution in [0.5, 0.6) is 0 Å². The highest BCUT2D eigenvalue weighted by molar-refractivity contribution is 6.34. The highest BCUT2D eigenvalue weighted by atomic mass is 35.5. The Bertz CT molecular complexity index is 1300.